The van der Waals surface area contributed by atoms with E-state index < -0.39 is 28.9 Å². The Labute approximate surface area is 78.9 Å². The first-order valence-corrected chi connectivity index (χ1v) is 3.92. The summed E-state index contributed by atoms with van der Waals surface area (Å²) in [5.41, 5.74) is -0.602. The highest BCUT2D eigenvalue weighted by molar-refractivity contribution is 5.88. The van der Waals surface area contributed by atoms with Crippen LogP contribution in [0.15, 0.2) is 12.1 Å². The molecule has 0 radical (unpaired) electrons. The molecule has 0 spiro atoms. The average Bonchev–Trinajstić information content (AvgIpc) is 2.11. The number of hydrogen-bond donors (Lipinski definition) is 1. The number of benzene rings is 1. The zero-order valence-corrected chi connectivity index (χ0v) is 7.38. The molecule has 0 aromatic heterocycles. The number of rotatable bonds is 3. The summed E-state index contributed by atoms with van der Waals surface area (Å²) < 4.78 is 30.8. The van der Waals surface area contributed by atoms with Crippen molar-refractivity contribution in [3.63, 3.8) is 0 Å². The van der Waals surface area contributed by atoms with Crippen LogP contribution in [-0.4, -0.2) is 17.7 Å². The summed E-state index contributed by atoms with van der Waals surface area (Å²) in [6.07, 6.45) is 0. The van der Waals surface area contributed by atoms with E-state index in [1.165, 1.54) is 0 Å². The molecule has 5 heteroatoms. The molecule has 0 aliphatic heterocycles. The van der Waals surface area contributed by atoms with Crippen LogP contribution in [0.1, 0.15) is 17.3 Å². The van der Waals surface area contributed by atoms with Gasteiger partial charge in [0.1, 0.15) is 0 Å². The van der Waals surface area contributed by atoms with Gasteiger partial charge >= 0.3 is 5.97 Å². The molecule has 0 saturated heterocycles. The van der Waals surface area contributed by atoms with Gasteiger partial charge in [0.05, 0.1) is 12.2 Å². The van der Waals surface area contributed by atoms with Gasteiger partial charge in [-0.05, 0) is 19.1 Å². The fourth-order valence-electron chi connectivity index (χ4n) is 0.974. The van der Waals surface area contributed by atoms with Crippen molar-refractivity contribution in [2.45, 2.75) is 6.92 Å². The first kappa shape index (κ1) is 10.4. The molecule has 0 amide bonds. The van der Waals surface area contributed by atoms with Crippen LogP contribution >= 0.6 is 0 Å². The minimum atomic E-state index is -1.46. The Bertz CT molecular complexity index is 363. The summed E-state index contributed by atoms with van der Waals surface area (Å²) in [4.78, 5) is 10.5. The molecule has 0 fully saturated rings. The van der Waals surface area contributed by atoms with Crippen LogP contribution in [-0.2, 0) is 0 Å². The number of aromatic carboxylic acids is 1. The molecule has 0 saturated carbocycles. The van der Waals surface area contributed by atoms with Crippen LogP contribution in [0, 0.1) is 11.6 Å². The highest BCUT2D eigenvalue weighted by atomic mass is 19.1. The fourth-order valence-corrected chi connectivity index (χ4v) is 0.974. The van der Waals surface area contributed by atoms with Crippen molar-refractivity contribution in [2.75, 3.05) is 6.61 Å². The summed E-state index contributed by atoms with van der Waals surface area (Å²) in [6, 6.07) is 1.72. The Kier molecular flexibility index (Phi) is 3.01. The first-order valence-electron chi connectivity index (χ1n) is 3.92. The molecule has 1 N–H and O–H groups in total. The third kappa shape index (κ3) is 1.81. The lowest BCUT2D eigenvalue weighted by Gasteiger charge is -2.07. The smallest absolute Gasteiger partial charge is 0.338 e. The first-order chi connectivity index (χ1) is 6.57. The summed E-state index contributed by atoms with van der Waals surface area (Å²) in [5.74, 6) is -4.19. The van der Waals surface area contributed by atoms with E-state index in [2.05, 4.69) is 4.74 Å². The maximum absolute atomic E-state index is 13.2. The second-order valence-electron chi connectivity index (χ2n) is 2.48. The summed E-state index contributed by atoms with van der Waals surface area (Å²) in [6.45, 7) is 1.61. The Morgan fingerprint density at radius 1 is 1.50 bits per heavy atom. The van der Waals surface area contributed by atoms with Crippen molar-refractivity contribution < 1.29 is 23.4 Å². The van der Waals surface area contributed by atoms with E-state index in [9.17, 15) is 13.6 Å². The van der Waals surface area contributed by atoms with Gasteiger partial charge < -0.3 is 9.84 Å². The third-order valence-corrected chi connectivity index (χ3v) is 1.57. The van der Waals surface area contributed by atoms with E-state index in [1.807, 2.05) is 0 Å². The molecule has 0 bridgehead atoms. The summed E-state index contributed by atoms with van der Waals surface area (Å²) in [7, 11) is 0. The monoisotopic (exact) mass is 202 g/mol. The molecular formula is C9H8F2O3. The van der Waals surface area contributed by atoms with E-state index in [1.54, 1.807) is 6.92 Å². The lowest BCUT2D eigenvalue weighted by atomic mass is 10.2. The van der Waals surface area contributed by atoms with Crippen molar-refractivity contribution in [1.29, 1.82) is 0 Å². The van der Waals surface area contributed by atoms with Gasteiger partial charge in [0, 0.05) is 0 Å². The van der Waals surface area contributed by atoms with Crippen molar-refractivity contribution in [2.24, 2.45) is 0 Å². The maximum Gasteiger partial charge on any atom is 0.338 e. The average molecular weight is 202 g/mol. The molecule has 1 aromatic carbocycles. The van der Waals surface area contributed by atoms with Crippen LogP contribution in [0.25, 0.3) is 0 Å². The van der Waals surface area contributed by atoms with Crippen LogP contribution in [0.3, 0.4) is 0 Å². The normalized spacial score (nSPS) is 9.93. The van der Waals surface area contributed by atoms with Gasteiger partial charge in [-0.3, -0.25) is 0 Å². The molecule has 14 heavy (non-hydrogen) atoms. The molecule has 0 aliphatic rings. The minimum Gasteiger partial charge on any atom is -0.488 e. The van der Waals surface area contributed by atoms with Gasteiger partial charge in [-0.15, -0.1) is 0 Å². The summed E-state index contributed by atoms with van der Waals surface area (Å²) in [5, 5.41) is 8.53. The second-order valence-corrected chi connectivity index (χ2v) is 2.48. The van der Waals surface area contributed by atoms with Crippen LogP contribution in [0.2, 0.25) is 0 Å². The molecule has 0 unspecified atom stereocenters. The van der Waals surface area contributed by atoms with Crippen molar-refractivity contribution >= 4 is 5.97 Å². The number of hydrogen-bond acceptors (Lipinski definition) is 2. The zero-order valence-electron chi connectivity index (χ0n) is 7.38. The Balaban J connectivity index is 3.26. The Hall–Kier alpha value is -1.65. The molecule has 1 aromatic rings. The fraction of sp³-hybridized carbons (Fsp3) is 0.222. The number of carbonyl (C=O) groups is 1. The standard InChI is InChI=1S/C9H8F2O3/c1-2-14-8-6(10)4-3-5(7(8)11)9(12)13/h3-4H,2H2,1H3,(H,12,13). The maximum atomic E-state index is 13.2. The van der Waals surface area contributed by atoms with Crippen LogP contribution in [0.4, 0.5) is 8.78 Å². The van der Waals surface area contributed by atoms with E-state index in [4.69, 9.17) is 5.11 Å². The highest BCUT2D eigenvalue weighted by Crippen LogP contribution is 2.24. The molecular weight excluding hydrogens is 194 g/mol. The van der Waals surface area contributed by atoms with Gasteiger partial charge in [-0.25, -0.2) is 13.6 Å². The Morgan fingerprint density at radius 2 is 2.14 bits per heavy atom. The van der Waals surface area contributed by atoms with Gasteiger partial charge in [-0.2, -0.15) is 0 Å². The molecule has 0 atom stereocenters. The topological polar surface area (TPSA) is 46.5 Å². The summed E-state index contributed by atoms with van der Waals surface area (Å²) >= 11 is 0. The lowest BCUT2D eigenvalue weighted by Crippen LogP contribution is -2.05. The van der Waals surface area contributed by atoms with Gasteiger partial charge in [0.15, 0.2) is 17.4 Å². The molecule has 0 aliphatic carbocycles. The van der Waals surface area contributed by atoms with E-state index >= 15 is 0 Å². The van der Waals surface area contributed by atoms with Gasteiger partial charge in [-0.1, -0.05) is 0 Å². The molecule has 3 nitrogen and oxygen atoms in total. The quantitative estimate of drug-likeness (QED) is 0.815. The largest absolute Gasteiger partial charge is 0.488 e. The van der Waals surface area contributed by atoms with Gasteiger partial charge in [0.2, 0.25) is 0 Å². The van der Waals surface area contributed by atoms with Crippen molar-refractivity contribution in [3.8, 4) is 5.75 Å². The highest BCUT2D eigenvalue weighted by Gasteiger charge is 2.18. The number of ether oxygens (including phenoxy) is 1. The predicted molar refractivity (Wildman–Crippen MR) is 44.5 cm³/mol. The van der Waals surface area contributed by atoms with Crippen LogP contribution < -0.4 is 4.74 Å². The lowest BCUT2D eigenvalue weighted by molar-refractivity contribution is 0.0690. The molecule has 1 rings (SSSR count). The number of halogens is 2. The second kappa shape index (κ2) is 4.04. The van der Waals surface area contributed by atoms with E-state index in [-0.39, 0.29) is 6.61 Å². The van der Waals surface area contributed by atoms with E-state index in [0.717, 1.165) is 12.1 Å². The van der Waals surface area contributed by atoms with Crippen molar-refractivity contribution in [1.82, 2.24) is 0 Å². The zero-order chi connectivity index (χ0) is 10.7. The number of carboxylic acid groups (broad SMARTS) is 1. The van der Waals surface area contributed by atoms with Crippen molar-refractivity contribution in [3.05, 3.63) is 29.3 Å². The Morgan fingerprint density at radius 3 is 2.64 bits per heavy atom. The molecule has 0 heterocycles. The van der Waals surface area contributed by atoms with Gasteiger partial charge in [0.25, 0.3) is 0 Å². The SMILES string of the molecule is CCOc1c(F)ccc(C(=O)O)c1F. The molecule has 76 valence electrons. The minimum absolute atomic E-state index is 0.0664. The number of carboxylic acids is 1. The predicted octanol–water partition coefficient (Wildman–Crippen LogP) is 2.06. The third-order valence-electron chi connectivity index (χ3n) is 1.57. The van der Waals surface area contributed by atoms with E-state index in [0.29, 0.717) is 0 Å². The van der Waals surface area contributed by atoms with Crippen LogP contribution in [0.5, 0.6) is 5.75 Å².